The van der Waals surface area contributed by atoms with E-state index in [1.807, 2.05) is 0 Å². The van der Waals surface area contributed by atoms with E-state index in [0.717, 1.165) is 103 Å². The minimum Gasteiger partial charge on any atom is -0.379 e. The normalized spacial score (nSPS) is 14.1. The summed E-state index contributed by atoms with van der Waals surface area (Å²) in [5.41, 5.74) is 0. The summed E-state index contributed by atoms with van der Waals surface area (Å²) in [6, 6.07) is -2.12. The van der Waals surface area contributed by atoms with Gasteiger partial charge in [-0.05, 0) is 51.4 Å². The SMILES string of the molecule is CCCCCCCCCCCCCC(=O)N[C@H](COCC[C@@H](CCCCCCC)OCCCCCCCCCCCC)COP(=O)(O)OCCNC(=O)NCCOP(=O)(O)OC[C@@H](COCC[C@@H](CCCCCCC)OCCCCCCCCCCCC)NC(=O)CCCCCCCCCCCCC. The van der Waals surface area contributed by atoms with Crippen LogP contribution in [0.2, 0.25) is 0 Å². The number of amides is 4. The summed E-state index contributed by atoms with van der Waals surface area (Å²) in [5.74, 6) is -0.353. The largest absolute Gasteiger partial charge is 0.472 e. The van der Waals surface area contributed by atoms with E-state index in [1.165, 1.54) is 257 Å². The number of unbranched alkanes of at least 4 members (excludes halogenated alkanes) is 46. The molecule has 0 rings (SSSR count). The Kier molecular flexibility index (Phi) is 78.0. The molecule has 0 bridgehead atoms. The summed E-state index contributed by atoms with van der Waals surface area (Å²) in [6.45, 7) is 14.0. The van der Waals surface area contributed by atoms with Gasteiger partial charge < -0.3 is 50.0 Å². The Morgan fingerprint density at radius 2 is 0.538 bits per heavy atom. The zero-order chi connectivity index (χ0) is 76.0. The fourth-order valence-corrected chi connectivity index (χ4v) is 14.6. The summed E-state index contributed by atoms with van der Waals surface area (Å²) >= 11 is 0. The zero-order valence-corrected chi connectivity index (χ0v) is 70.2. The average molecular weight is 1520 g/mol. The van der Waals surface area contributed by atoms with Gasteiger partial charge >= 0.3 is 21.7 Å². The first kappa shape index (κ1) is 102. The van der Waals surface area contributed by atoms with Gasteiger partial charge in [0.2, 0.25) is 11.8 Å². The first-order valence-electron chi connectivity index (χ1n) is 44.0. The van der Waals surface area contributed by atoms with Crippen molar-refractivity contribution in [3.05, 3.63) is 0 Å². The third-order valence-corrected chi connectivity index (χ3v) is 21.6. The highest BCUT2D eigenvalue weighted by Gasteiger charge is 2.27. The molecule has 4 amide bonds. The van der Waals surface area contributed by atoms with E-state index in [-0.39, 0.29) is 76.8 Å². The Balaban J connectivity index is 5.46. The fraction of sp³-hybridized carbons (Fsp3) is 0.964. The number of nitrogens with one attached hydrogen (secondary N) is 4. The van der Waals surface area contributed by atoms with Gasteiger partial charge in [-0.3, -0.25) is 27.7 Å². The van der Waals surface area contributed by atoms with Gasteiger partial charge in [0.25, 0.3) is 0 Å². The van der Waals surface area contributed by atoms with Crippen LogP contribution in [0.5, 0.6) is 0 Å². The van der Waals surface area contributed by atoms with Crippen LogP contribution in [-0.2, 0) is 55.8 Å². The van der Waals surface area contributed by atoms with E-state index in [9.17, 15) is 33.3 Å². The minimum absolute atomic E-state index is 0.0639. The number of urea groups is 1. The van der Waals surface area contributed by atoms with E-state index in [0.29, 0.717) is 38.9 Å². The lowest BCUT2D eigenvalue weighted by Crippen LogP contribution is -2.41. The van der Waals surface area contributed by atoms with Gasteiger partial charge in [-0.1, -0.05) is 350 Å². The van der Waals surface area contributed by atoms with Crippen LogP contribution in [0, 0.1) is 0 Å². The van der Waals surface area contributed by atoms with Crippen molar-refractivity contribution in [1.82, 2.24) is 21.3 Å². The van der Waals surface area contributed by atoms with E-state index in [1.54, 1.807) is 0 Å². The van der Waals surface area contributed by atoms with Gasteiger partial charge in [0, 0.05) is 52.4 Å². The molecular weight excluding hydrogens is 1350 g/mol. The lowest BCUT2D eigenvalue weighted by molar-refractivity contribution is -0.123. The molecule has 0 heterocycles. The molecule has 0 aromatic rings. The van der Waals surface area contributed by atoms with Crippen molar-refractivity contribution in [2.45, 2.75) is 438 Å². The highest BCUT2D eigenvalue weighted by Crippen LogP contribution is 2.44. The van der Waals surface area contributed by atoms with E-state index < -0.39 is 33.8 Å². The molecule has 21 heteroatoms. The smallest absolute Gasteiger partial charge is 0.379 e. The lowest BCUT2D eigenvalue weighted by Gasteiger charge is -2.22. The molecule has 0 aliphatic carbocycles. The van der Waals surface area contributed by atoms with Crippen LogP contribution >= 0.6 is 15.6 Å². The van der Waals surface area contributed by atoms with Crippen molar-refractivity contribution in [3.63, 3.8) is 0 Å². The highest BCUT2D eigenvalue weighted by atomic mass is 31.2. The molecule has 0 aliphatic heterocycles. The number of carbonyl (C=O) groups excluding carboxylic acids is 3. The summed E-state index contributed by atoms with van der Waals surface area (Å²) in [4.78, 5) is 60.8. The first-order chi connectivity index (χ1) is 50.7. The zero-order valence-electron chi connectivity index (χ0n) is 68.4. The maximum atomic E-state index is 13.3. The highest BCUT2D eigenvalue weighted by molar-refractivity contribution is 7.47. The third kappa shape index (κ3) is 75.7. The molecule has 0 radical (unpaired) electrons. The Morgan fingerprint density at radius 1 is 0.288 bits per heavy atom. The van der Waals surface area contributed by atoms with Crippen molar-refractivity contribution in [2.75, 3.05) is 79.2 Å². The van der Waals surface area contributed by atoms with Crippen molar-refractivity contribution >= 4 is 33.5 Å². The number of ether oxygens (including phenoxy) is 4. The van der Waals surface area contributed by atoms with Gasteiger partial charge in [0.15, 0.2) is 0 Å². The van der Waals surface area contributed by atoms with E-state index in [2.05, 4.69) is 62.8 Å². The maximum Gasteiger partial charge on any atom is 0.472 e. The first-order valence-corrected chi connectivity index (χ1v) is 47.0. The Labute approximate surface area is 639 Å². The number of carbonyl (C=O) groups is 3. The predicted octanol–water partition coefficient (Wildman–Crippen LogP) is 23.1. The Bertz CT molecular complexity index is 1800. The van der Waals surface area contributed by atoms with E-state index >= 15 is 0 Å². The van der Waals surface area contributed by atoms with Crippen molar-refractivity contribution in [1.29, 1.82) is 0 Å². The second-order valence-electron chi connectivity index (χ2n) is 30.0. The van der Waals surface area contributed by atoms with Gasteiger partial charge in [0.1, 0.15) is 0 Å². The van der Waals surface area contributed by atoms with Crippen molar-refractivity contribution in [3.8, 4) is 0 Å². The molecule has 6 N–H and O–H groups in total. The van der Waals surface area contributed by atoms with Gasteiger partial charge in [-0.25, -0.2) is 13.9 Å². The van der Waals surface area contributed by atoms with Crippen LogP contribution in [-0.4, -0.2) is 131 Å². The fourth-order valence-electron chi connectivity index (χ4n) is 13.1. The number of hydrogen-bond acceptors (Lipinski definition) is 13. The molecule has 0 aromatic heterocycles. The molecule has 0 spiro atoms. The molecule has 0 fully saturated rings. The Hall–Kier alpha value is -1.73. The van der Waals surface area contributed by atoms with Crippen LogP contribution in [0.25, 0.3) is 0 Å². The molecule has 104 heavy (non-hydrogen) atoms. The number of phosphoric ester groups is 2. The molecule has 620 valence electrons. The van der Waals surface area contributed by atoms with Crippen LogP contribution in [0.4, 0.5) is 4.79 Å². The van der Waals surface area contributed by atoms with Crippen LogP contribution in [0.15, 0.2) is 0 Å². The monoisotopic (exact) mass is 1520 g/mol. The molecule has 0 aromatic carbocycles. The predicted molar refractivity (Wildman–Crippen MR) is 432 cm³/mol. The van der Waals surface area contributed by atoms with Crippen LogP contribution in [0.3, 0.4) is 0 Å². The Morgan fingerprint density at radius 3 is 0.817 bits per heavy atom. The molecule has 19 nitrogen and oxygen atoms in total. The topological polar surface area (TPSA) is 248 Å². The third-order valence-electron chi connectivity index (χ3n) is 19.7. The van der Waals surface area contributed by atoms with Gasteiger partial charge in [0.05, 0.1) is 63.9 Å². The van der Waals surface area contributed by atoms with Crippen molar-refractivity contribution in [2.24, 2.45) is 0 Å². The quantitative estimate of drug-likeness (QED) is 0.0245. The standard InChI is InChI=1S/C83H168N4O15P2/c1-7-13-19-25-29-33-37-39-43-49-55-61-81(88)86-77(73-95-69-63-79(59-53-47-23-17-11-5)97-67-57-51-45-41-35-31-27-21-15-9-3)75-101-103(91,92)99-71-65-84-83(90)85-66-72-100-104(93,94)102-76-78(87-82(89)62-56-50-44-40-38-34-30-26-20-14-8-2)74-96-70-64-80(60-54-48-24-18-12-6)98-68-58-52-46-42-36-32-28-22-16-10-4/h77-80H,7-76H2,1-6H3,(H,86,88)(H,87,89)(H,91,92)(H,93,94)(H2,84,85,90)/t77-,78-,79-,80-/m1/s1. The van der Waals surface area contributed by atoms with Gasteiger partial charge in [-0.2, -0.15) is 0 Å². The number of hydrogen-bond donors (Lipinski definition) is 6. The number of phosphoric acid groups is 2. The van der Waals surface area contributed by atoms with Crippen molar-refractivity contribution < 1.29 is 70.3 Å². The average Bonchev–Trinajstić information content (AvgIpc) is 0.927. The van der Waals surface area contributed by atoms with Crippen LogP contribution < -0.4 is 21.3 Å². The summed E-state index contributed by atoms with van der Waals surface area (Å²) in [7, 11) is -9.29. The van der Waals surface area contributed by atoms with E-state index in [4.69, 9.17) is 37.0 Å². The van der Waals surface area contributed by atoms with Gasteiger partial charge in [-0.15, -0.1) is 0 Å². The lowest BCUT2D eigenvalue weighted by atomic mass is 10.1. The molecular formula is C83H168N4O15P2. The molecule has 6 atom stereocenters. The summed E-state index contributed by atoms with van der Waals surface area (Å²) < 4.78 is 72.8. The second kappa shape index (κ2) is 79.4. The molecule has 0 saturated carbocycles. The minimum atomic E-state index is -4.65. The summed E-state index contributed by atoms with van der Waals surface area (Å²) in [5, 5.41) is 11.0. The number of rotatable bonds is 86. The molecule has 0 aliphatic rings. The second-order valence-corrected chi connectivity index (χ2v) is 32.9. The summed E-state index contributed by atoms with van der Waals surface area (Å²) in [6.07, 6.45) is 67.0. The molecule has 2 unspecified atom stereocenters. The molecule has 0 saturated heterocycles. The maximum absolute atomic E-state index is 13.3. The van der Waals surface area contributed by atoms with Crippen LogP contribution in [0.1, 0.15) is 414 Å².